The number of nitrogens with zero attached hydrogens (tertiary/aromatic N) is 1. The third-order valence-corrected chi connectivity index (χ3v) is 3.10. The lowest BCUT2D eigenvalue weighted by molar-refractivity contribution is -0.380. The molecule has 0 spiro atoms. The van der Waals surface area contributed by atoms with E-state index in [-0.39, 0.29) is 17.0 Å². The smallest absolute Gasteiger partial charge is 0.324 e. The van der Waals surface area contributed by atoms with Crippen molar-refractivity contribution >= 4 is 28.3 Å². The van der Waals surface area contributed by atoms with Crippen molar-refractivity contribution in [3.63, 3.8) is 0 Å². The Morgan fingerprint density at radius 3 is 3.06 bits per heavy atom. The molecule has 17 heavy (non-hydrogen) atoms. The van der Waals surface area contributed by atoms with E-state index in [0.29, 0.717) is 18.0 Å². The molecule has 2 heterocycles. The molecule has 1 amide bonds. The highest BCUT2D eigenvalue weighted by molar-refractivity contribution is 7.16. The first-order chi connectivity index (χ1) is 8.15. The topological polar surface area (TPSA) is 84.8 Å². The highest BCUT2D eigenvalue weighted by Crippen LogP contribution is 2.24. The maximum absolute atomic E-state index is 11.3. The molecule has 2 rings (SSSR count). The Morgan fingerprint density at radius 1 is 1.71 bits per heavy atom. The van der Waals surface area contributed by atoms with Crippen LogP contribution in [0.25, 0.3) is 6.08 Å². The summed E-state index contributed by atoms with van der Waals surface area (Å²) in [7, 11) is 0. The lowest BCUT2D eigenvalue weighted by Crippen LogP contribution is -2.25. The Hall–Kier alpha value is -1.73. The van der Waals surface area contributed by atoms with Crippen molar-refractivity contribution in [3.8, 4) is 0 Å². The standard InChI is InChI=1S/C10H10N2O4S/c13-9(11-5-7-6-16-7)3-1-8-2-4-10(17-8)12(14)15/h1-4,7H,5-6H2,(H,11,13)/b3-1+. The van der Waals surface area contributed by atoms with Gasteiger partial charge in [-0.3, -0.25) is 14.9 Å². The van der Waals surface area contributed by atoms with Gasteiger partial charge in [0.2, 0.25) is 5.91 Å². The molecule has 6 nitrogen and oxygen atoms in total. The highest BCUT2D eigenvalue weighted by Gasteiger charge is 2.22. The van der Waals surface area contributed by atoms with Crippen molar-refractivity contribution < 1.29 is 14.5 Å². The molecule has 1 aliphatic rings. The van der Waals surface area contributed by atoms with Crippen molar-refractivity contribution in [2.75, 3.05) is 13.2 Å². The van der Waals surface area contributed by atoms with Crippen LogP contribution in [0.5, 0.6) is 0 Å². The summed E-state index contributed by atoms with van der Waals surface area (Å²) in [5.74, 6) is -0.225. The minimum Gasteiger partial charge on any atom is -0.371 e. The molecule has 0 bridgehead atoms. The molecule has 1 aliphatic heterocycles. The molecule has 0 radical (unpaired) electrons. The van der Waals surface area contributed by atoms with Gasteiger partial charge < -0.3 is 10.1 Å². The molecule has 1 unspecified atom stereocenters. The number of carbonyl (C=O) groups is 1. The molecular formula is C10H10N2O4S. The minimum absolute atomic E-state index is 0.0661. The summed E-state index contributed by atoms with van der Waals surface area (Å²) in [4.78, 5) is 22.0. The van der Waals surface area contributed by atoms with Crippen LogP contribution in [-0.4, -0.2) is 30.1 Å². The maximum atomic E-state index is 11.3. The first kappa shape index (κ1) is 11.7. The first-order valence-corrected chi connectivity index (χ1v) is 5.78. The third-order valence-electron chi connectivity index (χ3n) is 2.10. The molecule has 1 fully saturated rings. The summed E-state index contributed by atoms with van der Waals surface area (Å²) in [6, 6.07) is 3.02. The van der Waals surface area contributed by atoms with Gasteiger partial charge in [0.05, 0.1) is 17.6 Å². The lowest BCUT2D eigenvalue weighted by atomic mass is 10.4. The van der Waals surface area contributed by atoms with Crippen LogP contribution < -0.4 is 5.32 Å². The van der Waals surface area contributed by atoms with Crippen molar-refractivity contribution in [1.29, 1.82) is 0 Å². The third kappa shape index (κ3) is 3.65. The predicted octanol–water partition coefficient (Wildman–Crippen LogP) is 1.18. The molecular weight excluding hydrogens is 244 g/mol. The van der Waals surface area contributed by atoms with E-state index in [0.717, 1.165) is 11.3 Å². The van der Waals surface area contributed by atoms with Crippen molar-refractivity contribution in [2.45, 2.75) is 6.10 Å². The second-order valence-corrected chi connectivity index (χ2v) is 4.56. The largest absolute Gasteiger partial charge is 0.371 e. The number of rotatable bonds is 5. The monoisotopic (exact) mass is 254 g/mol. The Labute approximate surface area is 101 Å². The number of ether oxygens (including phenoxy) is 1. The Balaban J connectivity index is 1.84. The summed E-state index contributed by atoms with van der Waals surface area (Å²) in [6.07, 6.45) is 3.06. The summed E-state index contributed by atoms with van der Waals surface area (Å²) in [6.45, 7) is 1.20. The molecule has 90 valence electrons. The van der Waals surface area contributed by atoms with Crippen molar-refractivity contribution in [1.82, 2.24) is 5.32 Å². The predicted molar refractivity (Wildman–Crippen MR) is 62.8 cm³/mol. The van der Waals surface area contributed by atoms with Gasteiger partial charge in [-0.2, -0.15) is 0 Å². The zero-order valence-corrected chi connectivity index (χ0v) is 9.61. The lowest BCUT2D eigenvalue weighted by Gasteiger charge is -1.96. The number of thiophene rings is 1. The summed E-state index contributed by atoms with van der Waals surface area (Å²) in [5.41, 5.74) is 0. The second kappa shape index (κ2) is 5.07. The van der Waals surface area contributed by atoms with Crippen LogP contribution in [0, 0.1) is 10.1 Å². The van der Waals surface area contributed by atoms with E-state index >= 15 is 0 Å². The van der Waals surface area contributed by atoms with Gasteiger partial charge in [0.25, 0.3) is 0 Å². The van der Waals surface area contributed by atoms with Gasteiger partial charge in [0, 0.05) is 23.6 Å². The van der Waals surface area contributed by atoms with Gasteiger partial charge >= 0.3 is 5.00 Å². The van der Waals surface area contributed by atoms with Crippen LogP contribution in [0.4, 0.5) is 5.00 Å². The van der Waals surface area contributed by atoms with Crippen molar-refractivity contribution in [3.05, 3.63) is 33.2 Å². The molecule has 1 N–H and O–H groups in total. The number of hydrogen-bond donors (Lipinski definition) is 1. The van der Waals surface area contributed by atoms with Crippen LogP contribution in [-0.2, 0) is 9.53 Å². The molecule has 0 aromatic carbocycles. The SMILES string of the molecule is O=C(/C=C/c1ccc([N+](=O)[O-])s1)NCC1CO1. The van der Waals surface area contributed by atoms with Gasteiger partial charge in [-0.25, -0.2) is 0 Å². The summed E-state index contributed by atoms with van der Waals surface area (Å²) >= 11 is 1.03. The maximum Gasteiger partial charge on any atom is 0.324 e. The second-order valence-electron chi connectivity index (χ2n) is 3.47. The van der Waals surface area contributed by atoms with Gasteiger partial charge in [0.15, 0.2) is 0 Å². The van der Waals surface area contributed by atoms with Crippen LogP contribution >= 0.6 is 11.3 Å². The van der Waals surface area contributed by atoms with Crippen LogP contribution in [0.15, 0.2) is 18.2 Å². The normalized spacial score (nSPS) is 18.2. The summed E-state index contributed by atoms with van der Waals surface area (Å²) < 4.78 is 4.94. The fraction of sp³-hybridized carbons (Fsp3) is 0.300. The van der Waals surface area contributed by atoms with Crippen molar-refractivity contribution in [2.24, 2.45) is 0 Å². The van der Waals surface area contributed by atoms with Gasteiger partial charge in [-0.15, -0.1) is 0 Å². The molecule has 1 aromatic rings. The fourth-order valence-electron chi connectivity index (χ4n) is 1.15. The molecule has 0 saturated carbocycles. The van der Waals surface area contributed by atoms with E-state index in [2.05, 4.69) is 5.32 Å². The van der Waals surface area contributed by atoms with E-state index in [4.69, 9.17) is 4.74 Å². The minimum atomic E-state index is -0.452. The van der Waals surface area contributed by atoms with E-state index in [1.54, 1.807) is 12.1 Å². The zero-order valence-electron chi connectivity index (χ0n) is 8.79. The number of nitro groups is 1. The molecule has 1 saturated heterocycles. The zero-order chi connectivity index (χ0) is 12.3. The number of hydrogen-bond acceptors (Lipinski definition) is 5. The van der Waals surface area contributed by atoms with E-state index in [9.17, 15) is 14.9 Å². The van der Waals surface area contributed by atoms with Gasteiger partial charge in [-0.1, -0.05) is 11.3 Å². The highest BCUT2D eigenvalue weighted by atomic mass is 32.1. The average Bonchev–Trinajstić information content (AvgIpc) is 3.00. The summed E-state index contributed by atoms with van der Waals surface area (Å²) in [5, 5.41) is 13.2. The molecule has 1 aromatic heterocycles. The first-order valence-electron chi connectivity index (χ1n) is 4.97. The van der Waals surface area contributed by atoms with Gasteiger partial charge in [0.1, 0.15) is 0 Å². The quantitative estimate of drug-likeness (QED) is 0.370. The van der Waals surface area contributed by atoms with Crippen LogP contribution in [0.2, 0.25) is 0 Å². The fourth-order valence-corrected chi connectivity index (χ4v) is 1.87. The number of epoxide rings is 1. The Morgan fingerprint density at radius 2 is 2.47 bits per heavy atom. The Kier molecular flexibility index (Phi) is 3.50. The van der Waals surface area contributed by atoms with E-state index in [1.165, 1.54) is 12.1 Å². The molecule has 0 aliphatic carbocycles. The van der Waals surface area contributed by atoms with E-state index in [1.807, 2.05) is 0 Å². The molecule has 1 atom stereocenters. The van der Waals surface area contributed by atoms with Crippen LogP contribution in [0.1, 0.15) is 4.88 Å². The number of nitrogens with one attached hydrogen (secondary N) is 1. The van der Waals surface area contributed by atoms with Crippen LogP contribution in [0.3, 0.4) is 0 Å². The molecule has 7 heteroatoms. The Bertz CT molecular complexity index is 465. The number of amides is 1. The average molecular weight is 254 g/mol. The van der Waals surface area contributed by atoms with E-state index < -0.39 is 4.92 Å². The van der Waals surface area contributed by atoms with Gasteiger partial charge in [-0.05, 0) is 12.1 Å². The number of carbonyl (C=O) groups excluding carboxylic acids is 1.